The van der Waals surface area contributed by atoms with Gasteiger partial charge in [0.25, 0.3) is 0 Å². The Kier molecular flexibility index (Phi) is 10.5. The van der Waals surface area contributed by atoms with Crippen molar-refractivity contribution in [1.29, 1.82) is 0 Å². The van der Waals surface area contributed by atoms with Gasteiger partial charge in [-0.2, -0.15) is 0 Å². The predicted molar refractivity (Wildman–Crippen MR) is 118 cm³/mol. The molecule has 8 heteroatoms. The molecule has 0 aliphatic carbocycles. The summed E-state index contributed by atoms with van der Waals surface area (Å²) in [6.45, 7) is 8.14. The first-order chi connectivity index (χ1) is 12.2. The third kappa shape index (κ3) is 6.86. The number of likely N-dealkylation sites (tertiary alicyclic amines) is 1. The van der Waals surface area contributed by atoms with E-state index in [-0.39, 0.29) is 30.7 Å². The summed E-state index contributed by atoms with van der Waals surface area (Å²) in [6, 6.07) is 4.11. The number of fused-ring (bicyclic) bond motifs is 1. The molecule has 2 aromatic rings. The van der Waals surface area contributed by atoms with Gasteiger partial charge in [0, 0.05) is 31.2 Å². The summed E-state index contributed by atoms with van der Waals surface area (Å²) >= 11 is 1.66. The minimum Gasteiger partial charge on any atom is -0.342 e. The molecule has 27 heavy (non-hydrogen) atoms. The first-order valence-electron chi connectivity index (χ1n) is 9.16. The van der Waals surface area contributed by atoms with Crippen LogP contribution in [0.5, 0.6) is 0 Å². The number of aromatic nitrogens is 2. The molecule has 1 fully saturated rings. The SMILES string of the molecule is CCNCC1CCN(C(=O)CSCc2cn3cc(C)ccc3n2)CC1.Cl.Cl. The Labute approximate surface area is 178 Å². The van der Waals surface area contributed by atoms with Gasteiger partial charge in [0.2, 0.25) is 5.91 Å². The van der Waals surface area contributed by atoms with E-state index in [0.29, 0.717) is 5.75 Å². The first kappa shape index (κ1) is 24.1. The second-order valence-corrected chi connectivity index (χ2v) is 7.81. The van der Waals surface area contributed by atoms with E-state index in [0.717, 1.165) is 62.0 Å². The molecule has 152 valence electrons. The number of rotatable bonds is 7. The Morgan fingerprint density at radius 3 is 2.70 bits per heavy atom. The predicted octanol–water partition coefficient (Wildman–Crippen LogP) is 3.57. The van der Waals surface area contributed by atoms with Crippen LogP contribution in [0.1, 0.15) is 31.0 Å². The second kappa shape index (κ2) is 11.8. The maximum absolute atomic E-state index is 12.4. The average Bonchev–Trinajstić information content (AvgIpc) is 3.02. The molecule has 0 atom stereocenters. The first-order valence-corrected chi connectivity index (χ1v) is 10.3. The van der Waals surface area contributed by atoms with E-state index >= 15 is 0 Å². The van der Waals surface area contributed by atoms with Crippen LogP contribution in [-0.2, 0) is 10.5 Å². The number of pyridine rings is 1. The summed E-state index contributed by atoms with van der Waals surface area (Å²) in [6.07, 6.45) is 6.38. The molecule has 1 aliphatic rings. The molecule has 0 radical (unpaired) electrons. The smallest absolute Gasteiger partial charge is 0.232 e. The van der Waals surface area contributed by atoms with Crippen LogP contribution in [0.4, 0.5) is 0 Å². The zero-order valence-corrected chi connectivity index (χ0v) is 18.5. The lowest BCUT2D eigenvalue weighted by Gasteiger charge is -2.32. The van der Waals surface area contributed by atoms with Crippen molar-refractivity contribution in [3.8, 4) is 0 Å². The molecular weight excluding hydrogens is 403 g/mol. The summed E-state index contributed by atoms with van der Waals surface area (Å²) in [7, 11) is 0. The number of thioether (sulfide) groups is 1. The average molecular weight is 433 g/mol. The highest BCUT2D eigenvalue weighted by molar-refractivity contribution is 7.99. The molecule has 0 bridgehead atoms. The molecule has 2 aromatic heterocycles. The van der Waals surface area contributed by atoms with Crippen molar-refractivity contribution >= 4 is 48.1 Å². The minimum atomic E-state index is 0. The highest BCUT2D eigenvalue weighted by atomic mass is 35.5. The topological polar surface area (TPSA) is 49.6 Å². The molecule has 3 rings (SSSR count). The van der Waals surface area contributed by atoms with Gasteiger partial charge in [0.15, 0.2) is 0 Å². The number of nitrogens with one attached hydrogen (secondary N) is 1. The van der Waals surface area contributed by atoms with Crippen LogP contribution in [0.3, 0.4) is 0 Å². The van der Waals surface area contributed by atoms with Crippen molar-refractivity contribution in [2.45, 2.75) is 32.4 Å². The number of carbonyl (C=O) groups excluding carboxylic acids is 1. The van der Waals surface area contributed by atoms with Gasteiger partial charge in [-0.3, -0.25) is 4.79 Å². The van der Waals surface area contributed by atoms with Crippen LogP contribution in [0.25, 0.3) is 5.65 Å². The van der Waals surface area contributed by atoms with Crippen molar-refractivity contribution in [3.05, 3.63) is 35.8 Å². The van der Waals surface area contributed by atoms with Gasteiger partial charge in [-0.15, -0.1) is 36.6 Å². The highest BCUT2D eigenvalue weighted by Crippen LogP contribution is 2.19. The summed E-state index contributed by atoms with van der Waals surface area (Å²) in [5.74, 6) is 2.32. The summed E-state index contributed by atoms with van der Waals surface area (Å²) in [5.41, 5.74) is 3.22. The van der Waals surface area contributed by atoms with Crippen molar-refractivity contribution in [2.24, 2.45) is 5.92 Å². The lowest BCUT2D eigenvalue weighted by molar-refractivity contribution is -0.129. The van der Waals surface area contributed by atoms with Gasteiger partial charge in [0.1, 0.15) is 5.65 Å². The fourth-order valence-electron chi connectivity index (χ4n) is 3.29. The minimum absolute atomic E-state index is 0. The standard InChI is InChI=1S/C19H28N4OS.2ClH/c1-3-20-10-16-6-8-22(9-7-16)19(24)14-25-13-17-12-23-11-15(2)4-5-18(23)21-17;;/h4-5,11-12,16,20H,3,6-10,13-14H2,1-2H3;2*1H. The number of imidazole rings is 1. The monoisotopic (exact) mass is 432 g/mol. The van der Waals surface area contributed by atoms with Crippen molar-refractivity contribution in [1.82, 2.24) is 19.6 Å². The zero-order valence-electron chi connectivity index (χ0n) is 16.0. The zero-order chi connectivity index (χ0) is 17.6. The van der Waals surface area contributed by atoms with E-state index in [1.54, 1.807) is 11.8 Å². The molecule has 0 unspecified atom stereocenters. The molecule has 1 saturated heterocycles. The number of hydrogen-bond acceptors (Lipinski definition) is 4. The molecule has 1 aliphatic heterocycles. The Balaban J connectivity index is 0.00000182. The molecule has 0 saturated carbocycles. The Bertz CT molecular complexity index is 717. The van der Waals surface area contributed by atoms with Crippen molar-refractivity contribution < 1.29 is 4.79 Å². The number of hydrogen-bond donors (Lipinski definition) is 1. The van der Waals surface area contributed by atoms with Crippen LogP contribution >= 0.6 is 36.6 Å². The third-order valence-corrected chi connectivity index (χ3v) is 5.73. The number of aryl methyl sites for hydroxylation is 1. The van der Waals surface area contributed by atoms with Crippen LogP contribution < -0.4 is 5.32 Å². The largest absolute Gasteiger partial charge is 0.342 e. The molecular formula is C19H30Cl2N4OS. The van der Waals surface area contributed by atoms with Crippen LogP contribution in [-0.4, -0.2) is 52.1 Å². The van der Waals surface area contributed by atoms with Gasteiger partial charge in [-0.05, 0) is 50.4 Å². The van der Waals surface area contributed by atoms with Crippen LogP contribution in [0.15, 0.2) is 24.5 Å². The number of nitrogens with zero attached hydrogens (tertiary/aromatic N) is 3. The van der Waals surface area contributed by atoms with E-state index in [2.05, 4.69) is 47.0 Å². The second-order valence-electron chi connectivity index (χ2n) is 6.83. The molecule has 3 heterocycles. The lowest BCUT2D eigenvalue weighted by atomic mass is 9.97. The van der Waals surface area contributed by atoms with E-state index in [9.17, 15) is 4.79 Å². The van der Waals surface area contributed by atoms with Gasteiger partial charge in [-0.1, -0.05) is 13.0 Å². The van der Waals surface area contributed by atoms with E-state index in [4.69, 9.17) is 0 Å². The molecule has 0 spiro atoms. The highest BCUT2D eigenvalue weighted by Gasteiger charge is 2.22. The molecule has 5 nitrogen and oxygen atoms in total. The summed E-state index contributed by atoms with van der Waals surface area (Å²) < 4.78 is 2.06. The number of amides is 1. The third-order valence-electron chi connectivity index (χ3n) is 4.77. The summed E-state index contributed by atoms with van der Waals surface area (Å²) in [4.78, 5) is 19.0. The van der Waals surface area contributed by atoms with E-state index in [1.807, 2.05) is 11.0 Å². The Morgan fingerprint density at radius 1 is 1.26 bits per heavy atom. The number of piperidine rings is 1. The van der Waals surface area contributed by atoms with Crippen LogP contribution in [0.2, 0.25) is 0 Å². The molecule has 1 amide bonds. The normalized spacial score (nSPS) is 14.7. The van der Waals surface area contributed by atoms with Gasteiger partial charge >= 0.3 is 0 Å². The summed E-state index contributed by atoms with van der Waals surface area (Å²) in [5, 5.41) is 3.41. The van der Waals surface area contributed by atoms with E-state index in [1.165, 1.54) is 5.56 Å². The van der Waals surface area contributed by atoms with Gasteiger partial charge in [-0.25, -0.2) is 4.98 Å². The van der Waals surface area contributed by atoms with Gasteiger partial charge in [0.05, 0.1) is 11.4 Å². The molecule has 0 aromatic carbocycles. The quantitative estimate of drug-likeness (QED) is 0.726. The maximum atomic E-state index is 12.4. The Morgan fingerprint density at radius 2 is 2.00 bits per heavy atom. The maximum Gasteiger partial charge on any atom is 0.232 e. The Hall–Kier alpha value is -0.950. The fraction of sp³-hybridized carbons (Fsp3) is 0.579. The molecule has 1 N–H and O–H groups in total. The van der Waals surface area contributed by atoms with Crippen LogP contribution in [0, 0.1) is 12.8 Å². The number of carbonyl (C=O) groups is 1. The van der Waals surface area contributed by atoms with Gasteiger partial charge < -0.3 is 14.6 Å². The lowest BCUT2D eigenvalue weighted by Crippen LogP contribution is -2.41. The van der Waals surface area contributed by atoms with E-state index < -0.39 is 0 Å². The van der Waals surface area contributed by atoms with Crippen molar-refractivity contribution in [3.63, 3.8) is 0 Å². The fourth-order valence-corrected chi connectivity index (χ4v) is 4.10. The number of halogens is 2. The van der Waals surface area contributed by atoms with Crippen molar-refractivity contribution in [2.75, 3.05) is 31.9 Å².